The van der Waals surface area contributed by atoms with Crippen LogP contribution in [0.4, 0.5) is 0 Å². The molecule has 1 aromatic rings. The molecule has 0 fully saturated rings. The molecule has 1 aromatic carbocycles. The third kappa shape index (κ3) is 2.36. The molecule has 0 heterocycles. The predicted octanol–water partition coefficient (Wildman–Crippen LogP) is 1.42. The standard InChI is InChI=1S/C11H9NO4/c1-7-5-8(10(13)16-6-12)3-4-9(7)11(14)15-2/h3-5H,1-2H3. The smallest absolute Gasteiger partial charge is 0.353 e. The molecule has 0 atom stereocenters. The Hall–Kier alpha value is -2.35. The van der Waals surface area contributed by atoms with Gasteiger partial charge in [-0.05, 0) is 30.7 Å². The number of hydrogen-bond donors (Lipinski definition) is 0. The van der Waals surface area contributed by atoms with Gasteiger partial charge >= 0.3 is 11.9 Å². The second kappa shape index (κ2) is 4.94. The lowest BCUT2D eigenvalue weighted by molar-refractivity contribution is 0.0597. The Balaban J connectivity index is 3.05. The van der Waals surface area contributed by atoms with Crippen molar-refractivity contribution in [2.75, 3.05) is 7.11 Å². The number of ether oxygens (including phenoxy) is 2. The molecule has 1 rings (SSSR count). The molecular weight excluding hydrogens is 210 g/mol. The van der Waals surface area contributed by atoms with E-state index in [1.165, 1.54) is 31.6 Å². The van der Waals surface area contributed by atoms with Gasteiger partial charge in [0, 0.05) is 0 Å². The Kier molecular flexibility index (Phi) is 3.62. The summed E-state index contributed by atoms with van der Waals surface area (Å²) >= 11 is 0. The molecule has 0 aliphatic rings. The van der Waals surface area contributed by atoms with Gasteiger partial charge in [0.1, 0.15) is 0 Å². The molecule has 5 nitrogen and oxygen atoms in total. The SMILES string of the molecule is COC(=O)c1ccc(C(=O)OC#N)cc1C. The number of carbonyl (C=O) groups excluding carboxylic acids is 2. The normalized spacial score (nSPS) is 9.06. The molecular formula is C11H9NO4. The summed E-state index contributed by atoms with van der Waals surface area (Å²) in [5.74, 6) is -1.22. The molecule has 0 saturated heterocycles. The molecule has 0 bridgehead atoms. The minimum Gasteiger partial charge on any atom is -0.465 e. The summed E-state index contributed by atoms with van der Waals surface area (Å²) in [7, 11) is 1.28. The lowest BCUT2D eigenvalue weighted by Crippen LogP contribution is -2.06. The van der Waals surface area contributed by atoms with Crippen molar-refractivity contribution in [2.24, 2.45) is 0 Å². The molecule has 0 saturated carbocycles. The largest absolute Gasteiger partial charge is 0.465 e. The molecule has 82 valence electrons. The quantitative estimate of drug-likeness (QED) is 0.555. The maximum absolute atomic E-state index is 11.3. The molecule has 5 heteroatoms. The summed E-state index contributed by atoms with van der Waals surface area (Å²) < 4.78 is 8.72. The monoisotopic (exact) mass is 219 g/mol. The van der Waals surface area contributed by atoms with E-state index in [0.717, 1.165) is 0 Å². The van der Waals surface area contributed by atoms with Crippen LogP contribution in [-0.4, -0.2) is 19.0 Å². The van der Waals surface area contributed by atoms with Gasteiger partial charge in [0.25, 0.3) is 6.26 Å². The van der Waals surface area contributed by atoms with Crippen molar-refractivity contribution in [2.45, 2.75) is 6.92 Å². The Labute approximate surface area is 92.2 Å². The second-order valence-corrected chi connectivity index (χ2v) is 3.00. The van der Waals surface area contributed by atoms with Crippen LogP contribution in [-0.2, 0) is 9.47 Å². The maximum atomic E-state index is 11.3. The summed E-state index contributed by atoms with van der Waals surface area (Å²) in [6, 6.07) is 4.32. The average molecular weight is 219 g/mol. The van der Waals surface area contributed by atoms with Crippen LogP contribution in [0.15, 0.2) is 18.2 Å². The van der Waals surface area contributed by atoms with Crippen LogP contribution in [0.5, 0.6) is 0 Å². The molecule has 0 radical (unpaired) electrons. The summed E-state index contributed by atoms with van der Waals surface area (Å²) in [6.07, 6.45) is 1.29. The van der Waals surface area contributed by atoms with Crippen LogP contribution < -0.4 is 0 Å². The van der Waals surface area contributed by atoms with Crippen LogP contribution >= 0.6 is 0 Å². The molecule has 0 N–H and O–H groups in total. The van der Waals surface area contributed by atoms with Crippen LogP contribution in [0, 0.1) is 18.4 Å². The first-order chi connectivity index (χ1) is 7.60. The van der Waals surface area contributed by atoms with Crippen molar-refractivity contribution in [3.8, 4) is 6.26 Å². The average Bonchev–Trinajstić information content (AvgIpc) is 2.28. The number of nitrogens with zero attached hydrogens (tertiary/aromatic N) is 1. The Morgan fingerprint density at radius 3 is 2.50 bits per heavy atom. The van der Waals surface area contributed by atoms with Crippen molar-refractivity contribution < 1.29 is 19.1 Å². The van der Waals surface area contributed by atoms with Gasteiger partial charge in [-0.2, -0.15) is 0 Å². The van der Waals surface area contributed by atoms with Crippen LogP contribution in [0.25, 0.3) is 0 Å². The van der Waals surface area contributed by atoms with E-state index in [1.54, 1.807) is 6.92 Å². The van der Waals surface area contributed by atoms with E-state index in [2.05, 4.69) is 9.47 Å². The number of methoxy groups -OCH3 is 1. The van der Waals surface area contributed by atoms with Gasteiger partial charge in [0.15, 0.2) is 0 Å². The van der Waals surface area contributed by atoms with Crippen LogP contribution in [0.1, 0.15) is 26.3 Å². The Morgan fingerprint density at radius 1 is 1.31 bits per heavy atom. The number of aryl methyl sites for hydroxylation is 1. The molecule has 16 heavy (non-hydrogen) atoms. The van der Waals surface area contributed by atoms with Gasteiger partial charge in [-0.3, -0.25) is 0 Å². The fourth-order valence-electron chi connectivity index (χ4n) is 1.23. The number of hydrogen-bond acceptors (Lipinski definition) is 5. The van der Waals surface area contributed by atoms with E-state index in [0.29, 0.717) is 11.1 Å². The van der Waals surface area contributed by atoms with Crippen molar-refractivity contribution in [3.63, 3.8) is 0 Å². The van der Waals surface area contributed by atoms with E-state index in [1.807, 2.05) is 0 Å². The summed E-state index contributed by atoms with van der Waals surface area (Å²) in [5.41, 5.74) is 1.17. The Morgan fingerprint density at radius 2 is 2.00 bits per heavy atom. The molecule has 0 aromatic heterocycles. The second-order valence-electron chi connectivity index (χ2n) is 3.00. The minimum absolute atomic E-state index is 0.215. The topological polar surface area (TPSA) is 76.4 Å². The maximum Gasteiger partial charge on any atom is 0.353 e. The highest BCUT2D eigenvalue weighted by molar-refractivity contribution is 5.94. The number of benzene rings is 1. The van der Waals surface area contributed by atoms with E-state index in [-0.39, 0.29) is 5.56 Å². The fourth-order valence-corrected chi connectivity index (χ4v) is 1.23. The first-order valence-electron chi connectivity index (χ1n) is 4.39. The third-order valence-corrected chi connectivity index (χ3v) is 2.01. The van der Waals surface area contributed by atoms with Gasteiger partial charge in [-0.25, -0.2) is 9.59 Å². The van der Waals surface area contributed by atoms with Crippen LogP contribution in [0.2, 0.25) is 0 Å². The predicted molar refractivity (Wildman–Crippen MR) is 53.5 cm³/mol. The number of carbonyl (C=O) groups is 2. The van der Waals surface area contributed by atoms with Crippen molar-refractivity contribution in [1.29, 1.82) is 5.26 Å². The van der Waals surface area contributed by atoms with Gasteiger partial charge in [-0.15, -0.1) is 5.26 Å². The number of rotatable bonds is 2. The van der Waals surface area contributed by atoms with E-state index in [4.69, 9.17) is 5.26 Å². The highest BCUT2D eigenvalue weighted by Crippen LogP contribution is 2.13. The van der Waals surface area contributed by atoms with Crippen molar-refractivity contribution in [1.82, 2.24) is 0 Å². The summed E-state index contributed by atoms with van der Waals surface area (Å²) in [6.45, 7) is 1.66. The number of nitriles is 1. The highest BCUT2D eigenvalue weighted by atomic mass is 16.5. The molecule has 0 amide bonds. The Bertz CT molecular complexity index is 473. The zero-order valence-corrected chi connectivity index (χ0v) is 8.81. The van der Waals surface area contributed by atoms with E-state index >= 15 is 0 Å². The zero-order valence-electron chi connectivity index (χ0n) is 8.81. The van der Waals surface area contributed by atoms with E-state index in [9.17, 15) is 9.59 Å². The summed E-state index contributed by atoms with van der Waals surface area (Å²) in [4.78, 5) is 22.4. The highest BCUT2D eigenvalue weighted by Gasteiger charge is 2.13. The van der Waals surface area contributed by atoms with Crippen molar-refractivity contribution in [3.05, 3.63) is 34.9 Å². The van der Waals surface area contributed by atoms with Crippen molar-refractivity contribution >= 4 is 11.9 Å². The zero-order chi connectivity index (χ0) is 12.1. The van der Waals surface area contributed by atoms with Gasteiger partial charge in [0.05, 0.1) is 18.2 Å². The first-order valence-corrected chi connectivity index (χ1v) is 4.39. The molecule has 0 aliphatic carbocycles. The lowest BCUT2D eigenvalue weighted by atomic mass is 10.1. The van der Waals surface area contributed by atoms with E-state index < -0.39 is 11.9 Å². The lowest BCUT2D eigenvalue weighted by Gasteiger charge is -2.04. The van der Waals surface area contributed by atoms with Gasteiger partial charge < -0.3 is 9.47 Å². The first kappa shape index (κ1) is 11.7. The molecule has 0 aliphatic heterocycles. The summed E-state index contributed by atoms with van der Waals surface area (Å²) in [5, 5.41) is 8.18. The molecule has 0 unspecified atom stereocenters. The van der Waals surface area contributed by atoms with Gasteiger partial charge in [-0.1, -0.05) is 0 Å². The van der Waals surface area contributed by atoms with Crippen LogP contribution in [0.3, 0.4) is 0 Å². The fraction of sp³-hybridized carbons (Fsp3) is 0.182. The van der Waals surface area contributed by atoms with Gasteiger partial charge in [0.2, 0.25) is 0 Å². The third-order valence-electron chi connectivity index (χ3n) is 2.01. The molecule has 0 spiro atoms. The number of esters is 2. The minimum atomic E-state index is -0.748.